The normalized spacial score (nSPS) is 11.8. The van der Waals surface area contributed by atoms with Gasteiger partial charge in [0, 0.05) is 15.3 Å². The minimum Gasteiger partial charge on any atom is -0.321 e. The minimum absolute atomic E-state index is 0.297. The molecular formula is C15H20N2S2. The number of hydrogen-bond acceptors (Lipinski definition) is 4. The third-order valence-corrected chi connectivity index (χ3v) is 5.51. The Kier molecular flexibility index (Phi) is 4.33. The molecule has 0 unspecified atom stereocenters. The highest BCUT2D eigenvalue weighted by Gasteiger charge is 2.21. The number of aryl methyl sites for hydroxylation is 2. The van der Waals surface area contributed by atoms with Gasteiger partial charge in [-0.2, -0.15) is 0 Å². The topological polar surface area (TPSA) is 38.9 Å². The predicted octanol–water partition coefficient (Wildman–Crippen LogP) is 4.25. The highest BCUT2D eigenvalue weighted by atomic mass is 32.2. The molecule has 2 N–H and O–H groups in total. The maximum absolute atomic E-state index is 6.16. The minimum atomic E-state index is -0.297. The van der Waals surface area contributed by atoms with Gasteiger partial charge in [-0.25, -0.2) is 4.98 Å². The molecular weight excluding hydrogens is 272 g/mol. The molecule has 1 aromatic carbocycles. The first kappa shape index (κ1) is 14.6. The van der Waals surface area contributed by atoms with Crippen LogP contribution in [0.2, 0.25) is 0 Å². The molecule has 0 saturated carbocycles. The van der Waals surface area contributed by atoms with E-state index in [1.165, 1.54) is 15.3 Å². The second-order valence-electron chi connectivity index (χ2n) is 5.35. The lowest BCUT2D eigenvalue weighted by atomic mass is 10.0. The quantitative estimate of drug-likeness (QED) is 0.856. The lowest BCUT2D eigenvalue weighted by Gasteiger charge is -2.16. The van der Waals surface area contributed by atoms with Crippen molar-refractivity contribution in [1.82, 2.24) is 4.98 Å². The number of aromatic nitrogens is 1. The molecule has 19 heavy (non-hydrogen) atoms. The van der Waals surface area contributed by atoms with Crippen molar-refractivity contribution in [3.05, 3.63) is 45.4 Å². The van der Waals surface area contributed by atoms with Crippen molar-refractivity contribution in [1.29, 1.82) is 0 Å². The molecule has 0 aliphatic rings. The molecule has 0 aliphatic heterocycles. The summed E-state index contributed by atoms with van der Waals surface area (Å²) in [4.78, 5) is 7.10. The highest BCUT2D eigenvalue weighted by Crippen LogP contribution is 2.31. The number of thiazole rings is 1. The summed E-state index contributed by atoms with van der Waals surface area (Å²) in [6, 6.07) is 8.61. The van der Waals surface area contributed by atoms with E-state index in [1.807, 2.05) is 32.5 Å². The summed E-state index contributed by atoms with van der Waals surface area (Å²) in [6.45, 7) is 8.21. The number of nitrogens with zero attached hydrogens (tertiary/aromatic N) is 1. The maximum atomic E-state index is 6.16. The van der Waals surface area contributed by atoms with Crippen molar-refractivity contribution >= 4 is 23.1 Å². The molecule has 1 aromatic heterocycles. The van der Waals surface area contributed by atoms with E-state index in [-0.39, 0.29) is 5.54 Å². The maximum Gasteiger partial charge on any atom is 0.103 e. The van der Waals surface area contributed by atoms with Gasteiger partial charge in [-0.3, -0.25) is 0 Å². The summed E-state index contributed by atoms with van der Waals surface area (Å²) in [7, 11) is 0. The second-order valence-corrected chi connectivity index (χ2v) is 7.48. The standard InChI is InChI=1S/C15H20N2S2/c1-10-5-7-12(8-6-10)18-9-13-17-11(2)14(19-13)15(3,4)16/h5-8H,9,16H2,1-4H3. The van der Waals surface area contributed by atoms with Crippen LogP contribution in [0.15, 0.2) is 29.2 Å². The summed E-state index contributed by atoms with van der Waals surface area (Å²) < 4.78 is 0. The molecule has 0 amide bonds. The van der Waals surface area contributed by atoms with E-state index in [9.17, 15) is 0 Å². The van der Waals surface area contributed by atoms with E-state index >= 15 is 0 Å². The van der Waals surface area contributed by atoms with Crippen molar-refractivity contribution in [2.45, 2.75) is 43.9 Å². The van der Waals surface area contributed by atoms with Gasteiger partial charge in [0.15, 0.2) is 0 Å². The van der Waals surface area contributed by atoms with Crippen LogP contribution in [0.25, 0.3) is 0 Å². The van der Waals surface area contributed by atoms with Gasteiger partial charge in [0.1, 0.15) is 5.01 Å². The first-order chi connectivity index (χ1) is 8.86. The molecule has 2 nitrogen and oxygen atoms in total. The largest absolute Gasteiger partial charge is 0.321 e. The molecule has 102 valence electrons. The number of nitrogens with two attached hydrogens (primary N) is 1. The van der Waals surface area contributed by atoms with Gasteiger partial charge in [0.05, 0.1) is 11.4 Å². The lowest BCUT2D eigenvalue weighted by Crippen LogP contribution is -2.28. The van der Waals surface area contributed by atoms with Crippen LogP contribution in [0.3, 0.4) is 0 Å². The van der Waals surface area contributed by atoms with Crippen molar-refractivity contribution in [3.63, 3.8) is 0 Å². The molecule has 0 fully saturated rings. The molecule has 0 atom stereocenters. The van der Waals surface area contributed by atoms with E-state index in [0.29, 0.717) is 0 Å². The SMILES string of the molecule is Cc1ccc(SCc2nc(C)c(C(C)(C)N)s2)cc1. The third-order valence-electron chi connectivity index (χ3n) is 2.81. The number of thioether (sulfide) groups is 1. The number of rotatable bonds is 4. The summed E-state index contributed by atoms with van der Waals surface area (Å²) in [5.41, 5.74) is 8.22. The smallest absolute Gasteiger partial charge is 0.103 e. The number of benzene rings is 1. The molecule has 0 aliphatic carbocycles. The summed E-state index contributed by atoms with van der Waals surface area (Å²) in [6.07, 6.45) is 0. The zero-order valence-electron chi connectivity index (χ0n) is 11.9. The Morgan fingerprint density at radius 2 is 1.84 bits per heavy atom. The Labute approximate surface area is 123 Å². The van der Waals surface area contributed by atoms with Crippen LogP contribution in [-0.4, -0.2) is 4.98 Å². The van der Waals surface area contributed by atoms with Crippen LogP contribution >= 0.6 is 23.1 Å². The Balaban J connectivity index is 2.06. The molecule has 0 spiro atoms. The van der Waals surface area contributed by atoms with Crippen molar-refractivity contribution < 1.29 is 0 Å². The highest BCUT2D eigenvalue weighted by molar-refractivity contribution is 7.98. The molecule has 0 saturated heterocycles. The van der Waals surface area contributed by atoms with Gasteiger partial charge in [-0.1, -0.05) is 17.7 Å². The Bertz CT molecular complexity index is 551. The molecule has 0 radical (unpaired) electrons. The Morgan fingerprint density at radius 3 is 2.37 bits per heavy atom. The van der Waals surface area contributed by atoms with Crippen molar-refractivity contribution in [3.8, 4) is 0 Å². The fraction of sp³-hybridized carbons (Fsp3) is 0.400. The van der Waals surface area contributed by atoms with Crippen LogP contribution < -0.4 is 5.73 Å². The van der Waals surface area contributed by atoms with E-state index in [1.54, 1.807) is 11.3 Å². The molecule has 4 heteroatoms. The lowest BCUT2D eigenvalue weighted by molar-refractivity contribution is 0.562. The average Bonchev–Trinajstić information content (AvgIpc) is 2.70. The third kappa shape index (κ3) is 3.81. The summed E-state index contributed by atoms with van der Waals surface area (Å²) in [5, 5.41) is 1.15. The van der Waals surface area contributed by atoms with Crippen molar-refractivity contribution in [2.24, 2.45) is 5.73 Å². The van der Waals surface area contributed by atoms with E-state index in [4.69, 9.17) is 5.73 Å². The first-order valence-corrected chi connectivity index (χ1v) is 8.11. The molecule has 1 heterocycles. The van der Waals surface area contributed by atoms with Crippen molar-refractivity contribution in [2.75, 3.05) is 0 Å². The average molecular weight is 292 g/mol. The molecule has 2 rings (SSSR count). The van der Waals surface area contributed by atoms with Gasteiger partial charge in [0.25, 0.3) is 0 Å². The zero-order valence-corrected chi connectivity index (χ0v) is 13.5. The van der Waals surface area contributed by atoms with Crippen LogP contribution in [0, 0.1) is 13.8 Å². The van der Waals surface area contributed by atoms with Gasteiger partial charge >= 0.3 is 0 Å². The van der Waals surface area contributed by atoms with Crippen LogP contribution in [0.5, 0.6) is 0 Å². The fourth-order valence-electron chi connectivity index (χ4n) is 1.89. The predicted molar refractivity (Wildman–Crippen MR) is 84.8 cm³/mol. The molecule has 2 aromatic rings. The summed E-state index contributed by atoms with van der Waals surface area (Å²) >= 11 is 3.55. The summed E-state index contributed by atoms with van der Waals surface area (Å²) in [5.74, 6) is 0.907. The van der Waals surface area contributed by atoms with Crippen LogP contribution in [0.4, 0.5) is 0 Å². The zero-order chi connectivity index (χ0) is 14.0. The van der Waals surface area contributed by atoms with Crippen LogP contribution in [0.1, 0.15) is 35.0 Å². The van der Waals surface area contributed by atoms with Gasteiger partial charge in [0.2, 0.25) is 0 Å². The van der Waals surface area contributed by atoms with Gasteiger partial charge < -0.3 is 5.73 Å². The van der Waals surface area contributed by atoms with E-state index in [0.717, 1.165) is 16.5 Å². The van der Waals surface area contributed by atoms with Gasteiger partial charge in [-0.05, 0) is 39.8 Å². The van der Waals surface area contributed by atoms with E-state index < -0.39 is 0 Å². The van der Waals surface area contributed by atoms with Crippen LogP contribution in [-0.2, 0) is 11.3 Å². The monoisotopic (exact) mass is 292 g/mol. The first-order valence-electron chi connectivity index (χ1n) is 6.31. The van der Waals surface area contributed by atoms with Gasteiger partial charge in [-0.15, -0.1) is 23.1 Å². The Morgan fingerprint density at radius 1 is 1.21 bits per heavy atom. The Hall–Kier alpha value is -0.840. The van der Waals surface area contributed by atoms with E-state index in [2.05, 4.69) is 36.2 Å². The fourth-order valence-corrected chi connectivity index (χ4v) is 3.86. The molecule has 0 bridgehead atoms. The second kappa shape index (κ2) is 5.65. The number of hydrogen-bond donors (Lipinski definition) is 1.